The van der Waals surface area contributed by atoms with Crippen molar-refractivity contribution in [3.63, 3.8) is 0 Å². The Morgan fingerprint density at radius 1 is 0.946 bits per heavy atom. The zero-order valence-electron chi connectivity index (χ0n) is 24.5. The smallest absolute Gasteiger partial charge is 0.338 e. The lowest BCUT2D eigenvalue weighted by molar-refractivity contribution is -0.0499. The highest BCUT2D eigenvalue weighted by molar-refractivity contribution is 5.89. The largest absolute Gasteiger partial charge is 0.459 e. The second kappa shape index (κ2) is 10.5. The normalized spacial score (nSPS) is 36.9. The number of rotatable bonds is 7. The first-order valence-corrected chi connectivity index (χ1v) is 15.6. The predicted octanol–water partition coefficient (Wildman–Crippen LogP) is 9.64. The molecule has 3 saturated carbocycles. The number of esters is 1. The molecular weight excluding hydrogens is 452 g/mol. The SMILES string of the molecule is CC(C)[C@@H](C)CC[C@@H](C)[C@@H]1CCC2=C3CC[C@H]4C[C@H](OC(=O)c5ccccc5)CC[C@]4(C)[C@H]3CC[C@@]21C. The molecule has 204 valence electrons. The average Bonchev–Trinajstić information content (AvgIpc) is 3.25. The number of benzene rings is 1. The van der Waals surface area contributed by atoms with E-state index in [9.17, 15) is 4.79 Å². The van der Waals surface area contributed by atoms with E-state index < -0.39 is 0 Å². The number of allylic oxidation sites excluding steroid dienone is 2. The summed E-state index contributed by atoms with van der Waals surface area (Å²) in [6.07, 6.45) is 14.3. The quantitative estimate of drug-likeness (QED) is 0.273. The van der Waals surface area contributed by atoms with Crippen molar-refractivity contribution in [1.29, 1.82) is 0 Å². The van der Waals surface area contributed by atoms with Gasteiger partial charge < -0.3 is 4.74 Å². The number of carbonyl (C=O) groups excluding carboxylic acids is 1. The van der Waals surface area contributed by atoms with Gasteiger partial charge in [0.25, 0.3) is 0 Å². The lowest BCUT2D eigenvalue weighted by Crippen LogP contribution is -2.48. The minimum atomic E-state index is -0.143. The van der Waals surface area contributed by atoms with Gasteiger partial charge >= 0.3 is 5.97 Å². The first-order chi connectivity index (χ1) is 17.6. The van der Waals surface area contributed by atoms with Crippen LogP contribution in [0.5, 0.6) is 0 Å². The Morgan fingerprint density at radius 2 is 1.70 bits per heavy atom. The molecule has 0 aromatic heterocycles. The van der Waals surface area contributed by atoms with Crippen LogP contribution in [0.3, 0.4) is 0 Å². The number of hydrogen-bond donors (Lipinski definition) is 0. The van der Waals surface area contributed by atoms with E-state index in [1.807, 2.05) is 41.5 Å². The Hall–Kier alpha value is -1.57. The van der Waals surface area contributed by atoms with Crippen LogP contribution in [0, 0.1) is 46.3 Å². The number of hydrogen-bond acceptors (Lipinski definition) is 2. The third-order valence-electron chi connectivity index (χ3n) is 12.2. The van der Waals surface area contributed by atoms with E-state index in [1.54, 1.807) is 0 Å². The van der Waals surface area contributed by atoms with Crippen LogP contribution in [0.2, 0.25) is 0 Å². The van der Waals surface area contributed by atoms with Gasteiger partial charge in [0.1, 0.15) is 6.10 Å². The molecule has 4 aliphatic rings. The molecular formula is C35H52O2. The molecule has 5 rings (SSSR count). The Balaban J connectivity index is 1.27. The van der Waals surface area contributed by atoms with Crippen LogP contribution < -0.4 is 0 Å². The third-order valence-corrected chi connectivity index (χ3v) is 12.2. The molecule has 0 heterocycles. The van der Waals surface area contributed by atoms with Crippen LogP contribution in [-0.4, -0.2) is 12.1 Å². The van der Waals surface area contributed by atoms with E-state index in [1.165, 1.54) is 57.8 Å². The Bertz CT molecular complexity index is 992. The molecule has 2 nitrogen and oxygen atoms in total. The summed E-state index contributed by atoms with van der Waals surface area (Å²) in [5, 5.41) is 0. The van der Waals surface area contributed by atoms with Gasteiger partial charge in [0.15, 0.2) is 0 Å². The van der Waals surface area contributed by atoms with Crippen LogP contribution in [0.1, 0.15) is 123 Å². The lowest BCUT2D eigenvalue weighted by atomic mass is 9.48. The molecule has 0 N–H and O–H groups in total. The van der Waals surface area contributed by atoms with Crippen LogP contribution in [0.15, 0.2) is 41.5 Å². The summed E-state index contributed by atoms with van der Waals surface area (Å²) in [7, 11) is 0. The number of fused-ring (bicyclic) bond motifs is 4. The van der Waals surface area contributed by atoms with Crippen molar-refractivity contribution >= 4 is 5.97 Å². The highest BCUT2D eigenvalue weighted by Gasteiger charge is 2.56. The van der Waals surface area contributed by atoms with Crippen molar-refractivity contribution < 1.29 is 9.53 Å². The second-order valence-corrected chi connectivity index (χ2v) is 14.3. The molecule has 0 unspecified atom stereocenters. The van der Waals surface area contributed by atoms with Crippen molar-refractivity contribution in [3.05, 3.63) is 47.0 Å². The maximum absolute atomic E-state index is 12.7. The van der Waals surface area contributed by atoms with Crippen molar-refractivity contribution in [2.24, 2.45) is 46.3 Å². The molecule has 1 aromatic carbocycles. The summed E-state index contributed by atoms with van der Waals surface area (Å²) in [4.78, 5) is 12.7. The monoisotopic (exact) mass is 504 g/mol. The highest BCUT2D eigenvalue weighted by atomic mass is 16.5. The molecule has 1 aromatic rings. The first-order valence-electron chi connectivity index (χ1n) is 15.6. The van der Waals surface area contributed by atoms with Gasteiger partial charge in [0.05, 0.1) is 5.56 Å². The highest BCUT2D eigenvalue weighted by Crippen LogP contribution is 2.66. The van der Waals surface area contributed by atoms with Crippen LogP contribution in [0.25, 0.3) is 0 Å². The minimum Gasteiger partial charge on any atom is -0.459 e. The molecule has 37 heavy (non-hydrogen) atoms. The molecule has 3 fully saturated rings. The summed E-state index contributed by atoms with van der Waals surface area (Å²) in [6, 6.07) is 9.53. The molecule has 2 heteroatoms. The fourth-order valence-corrected chi connectivity index (χ4v) is 9.36. The standard InChI is InChI=1S/C35H52O2/c1-23(2)24(3)12-13-25(4)30-16-17-31-29-15-14-27-22-28(37-33(36)26-10-8-7-9-11-26)18-20-34(27,5)32(29)19-21-35(30,31)6/h7-11,23-25,27-28,30,32H,12-22H2,1-6H3/t24-,25+,27-,28+,30-,32-,34-,35+/m0/s1. The Labute approximate surface area is 227 Å². The maximum Gasteiger partial charge on any atom is 0.338 e. The average molecular weight is 505 g/mol. The lowest BCUT2D eigenvalue weighted by Gasteiger charge is -2.57. The summed E-state index contributed by atoms with van der Waals surface area (Å²) in [5.74, 6) is 4.64. The van der Waals surface area contributed by atoms with Crippen molar-refractivity contribution in [1.82, 2.24) is 0 Å². The maximum atomic E-state index is 12.7. The van der Waals surface area contributed by atoms with Gasteiger partial charge in [0, 0.05) is 0 Å². The molecule has 0 radical (unpaired) electrons. The van der Waals surface area contributed by atoms with E-state index in [2.05, 4.69) is 41.5 Å². The molecule has 4 aliphatic carbocycles. The Kier molecular flexibility index (Phi) is 7.69. The van der Waals surface area contributed by atoms with Crippen molar-refractivity contribution in [2.75, 3.05) is 0 Å². The summed E-state index contributed by atoms with van der Waals surface area (Å²) in [6.45, 7) is 15.0. The topological polar surface area (TPSA) is 26.3 Å². The zero-order chi connectivity index (χ0) is 26.4. The molecule has 0 saturated heterocycles. The van der Waals surface area contributed by atoms with Gasteiger partial charge in [-0.2, -0.15) is 0 Å². The molecule has 0 aliphatic heterocycles. The predicted molar refractivity (Wildman–Crippen MR) is 153 cm³/mol. The van der Waals surface area contributed by atoms with Gasteiger partial charge in [-0.1, -0.05) is 83.7 Å². The number of carbonyl (C=O) groups is 1. The second-order valence-electron chi connectivity index (χ2n) is 14.3. The Morgan fingerprint density at radius 3 is 2.43 bits per heavy atom. The van der Waals surface area contributed by atoms with Crippen LogP contribution >= 0.6 is 0 Å². The fraction of sp³-hybridized carbons (Fsp3) is 0.743. The minimum absolute atomic E-state index is 0.0822. The molecule has 8 atom stereocenters. The van der Waals surface area contributed by atoms with Gasteiger partial charge in [0.2, 0.25) is 0 Å². The van der Waals surface area contributed by atoms with E-state index in [0.717, 1.165) is 42.4 Å². The van der Waals surface area contributed by atoms with Gasteiger partial charge in [-0.05, 0) is 116 Å². The van der Waals surface area contributed by atoms with Gasteiger partial charge in [-0.3, -0.25) is 0 Å². The van der Waals surface area contributed by atoms with Crippen molar-refractivity contribution in [2.45, 2.75) is 118 Å². The van der Waals surface area contributed by atoms with E-state index in [0.29, 0.717) is 22.3 Å². The summed E-state index contributed by atoms with van der Waals surface area (Å²) >= 11 is 0. The van der Waals surface area contributed by atoms with Crippen molar-refractivity contribution in [3.8, 4) is 0 Å². The molecule has 0 bridgehead atoms. The molecule has 0 amide bonds. The van der Waals surface area contributed by atoms with Gasteiger partial charge in [-0.15, -0.1) is 0 Å². The van der Waals surface area contributed by atoms with Gasteiger partial charge in [-0.25, -0.2) is 4.79 Å². The van der Waals surface area contributed by atoms with Crippen LogP contribution in [0.4, 0.5) is 0 Å². The van der Waals surface area contributed by atoms with E-state index in [-0.39, 0.29) is 12.1 Å². The summed E-state index contributed by atoms with van der Waals surface area (Å²) < 4.78 is 6.04. The van der Waals surface area contributed by atoms with Crippen LogP contribution in [-0.2, 0) is 4.74 Å². The molecule has 0 spiro atoms. The summed E-state index contributed by atoms with van der Waals surface area (Å²) in [5.41, 5.74) is 5.29. The zero-order valence-corrected chi connectivity index (χ0v) is 24.5. The van der Waals surface area contributed by atoms with E-state index in [4.69, 9.17) is 4.74 Å². The number of ether oxygens (including phenoxy) is 1. The fourth-order valence-electron chi connectivity index (χ4n) is 9.36. The van der Waals surface area contributed by atoms with E-state index >= 15 is 0 Å². The third kappa shape index (κ3) is 4.96. The first kappa shape index (κ1) is 27.0.